The molecule has 7 nitrogen and oxygen atoms in total. The molecule has 1 saturated heterocycles. The number of phenolic OH excluding ortho intramolecular Hbond substituents is 1. The standard InChI is InChI=1S/C19H20N6O/c1-24(19-14-7-21-8-15(14)19)18-10-22-16(9-23-18)13-3-2-12(6-17(13)26)25-5-4-20-11-25/h2-6,9-11,14-15,19,21,26H,7-8H2,1H3/t14-,15+,19-. The lowest BCUT2D eigenvalue weighted by molar-refractivity contribution is 0.477. The lowest BCUT2D eigenvalue weighted by Gasteiger charge is -2.20. The average molecular weight is 348 g/mol. The summed E-state index contributed by atoms with van der Waals surface area (Å²) in [6.07, 6.45) is 8.76. The van der Waals surface area contributed by atoms with Gasteiger partial charge in [-0.25, -0.2) is 9.97 Å². The van der Waals surface area contributed by atoms with Crippen molar-refractivity contribution in [2.24, 2.45) is 11.8 Å². The molecule has 2 aromatic heterocycles. The zero-order valence-electron chi connectivity index (χ0n) is 14.4. The maximum Gasteiger partial charge on any atom is 0.147 e. The number of nitrogens with zero attached hydrogens (tertiary/aromatic N) is 5. The fraction of sp³-hybridized carbons (Fsp3) is 0.316. The van der Waals surface area contributed by atoms with Crippen molar-refractivity contribution in [2.45, 2.75) is 6.04 Å². The molecule has 0 spiro atoms. The van der Waals surface area contributed by atoms with Crippen molar-refractivity contribution in [1.29, 1.82) is 0 Å². The van der Waals surface area contributed by atoms with Crippen LogP contribution >= 0.6 is 0 Å². The molecule has 2 aliphatic rings. The summed E-state index contributed by atoms with van der Waals surface area (Å²) in [4.78, 5) is 15.4. The maximum absolute atomic E-state index is 10.4. The van der Waals surface area contributed by atoms with Gasteiger partial charge in [-0.1, -0.05) is 0 Å². The molecule has 3 aromatic rings. The third kappa shape index (κ3) is 2.43. The zero-order valence-corrected chi connectivity index (χ0v) is 14.4. The highest BCUT2D eigenvalue weighted by molar-refractivity contribution is 5.68. The predicted octanol–water partition coefficient (Wildman–Crippen LogP) is 1.69. The number of hydrogen-bond donors (Lipinski definition) is 2. The highest BCUT2D eigenvalue weighted by atomic mass is 16.3. The van der Waals surface area contributed by atoms with Gasteiger partial charge < -0.3 is 19.9 Å². The number of phenols is 1. The molecular weight excluding hydrogens is 328 g/mol. The van der Waals surface area contributed by atoms with Crippen LogP contribution < -0.4 is 10.2 Å². The fourth-order valence-corrected chi connectivity index (χ4v) is 4.06. The quantitative estimate of drug-likeness (QED) is 0.747. The second-order valence-corrected chi connectivity index (χ2v) is 7.02. The van der Waals surface area contributed by atoms with Crippen LogP contribution in [0.5, 0.6) is 5.75 Å². The number of benzene rings is 1. The first-order chi connectivity index (χ1) is 12.7. The molecule has 5 rings (SSSR count). The van der Waals surface area contributed by atoms with Crippen LogP contribution in [0.15, 0.2) is 49.3 Å². The minimum absolute atomic E-state index is 0.175. The number of piperidine rings is 1. The molecule has 1 saturated carbocycles. The Morgan fingerprint density at radius 2 is 2.04 bits per heavy atom. The normalized spacial score (nSPS) is 23.7. The van der Waals surface area contributed by atoms with Crippen LogP contribution in [0.4, 0.5) is 5.82 Å². The van der Waals surface area contributed by atoms with Gasteiger partial charge in [0.05, 0.1) is 30.1 Å². The van der Waals surface area contributed by atoms with Crippen molar-refractivity contribution in [3.63, 3.8) is 0 Å². The van der Waals surface area contributed by atoms with E-state index in [1.807, 2.05) is 22.9 Å². The smallest absolute Gasteiger partial charge is 0.147 e. The number of aromatic hydroxyl groups is 1. The number of fused-ring (bicyclic) bond motifs is 1. The topological polar surface area (TPSA) is 79.1 Å². The van der Waals surface area contributed by atoms with E-state index < -0.39 is 0 Å². The molecule has 132 valence electrons. The summed E-state index contributed by atoms with van der Waals surface area (Å²) < 4.78 is 1.84. The van der Waals surface area contributed by atoms with Gasteiger partial charge in [0.15, 0.2) is 0 Å². The summed E-state index contributed by atoms with van der Waals surface area (Å²) in [5.41, 5.74) is 2.18. The van der Waals surface area contributed by atoms with Gasteiger partial charge in [-0.3, -0.25) is 4.98 Å². The van der Waals surface area contributed by atoms with Crippen LogP contribution in [0.2, 0.25) is 0 Å². The summed E-state index contributed by atoms with van der Waals surface area (Å²) in [7, 11) is 2.09. The van der Waals surface area contributed by atoms with Crippen molar-refractivity contribution >= 4 is 5.82 Å². The van der Waals surface area contributed by atoms with Gasteiger partial charge in [0, 0.05) is 50.2 Å². The molecule has 0 radical (unpaired) electrons. The number of aromatic nitrogens is 4. The van der Waals surface area contributed by atoms with E-state index in [0.29, 0.717) is 17.3 Å². The lowest BCUT2D eigenvalue weighted by Crippen LogP contribution is -2.30. The van der Waals surface area contributed by atoms with E-state index in [-0.39, 0.29) is 5.75 Å². The predicted molar refractivity (Wildman–Crippen MR) is 98.3 cm³/mol. The van der Waals surface area contributed by atoms with Crippen molar-refractivity contribution in [2.75, 3.05) is 25.0 Å². The Hall–Kier alpha value is -2.93. The van der Waals surface area contributed by atoms with Crippen LogP contribution in [-0.4, -0.2) is 50.8 Å². The summed E-state index contributed by atoms with van der Waals surface area (Å²) >= 11 is 0. The van der Waals surface area contributed by atoms with E-state index in [2.05, 4.69) is 32.2 Å². The molecule has 3 atom stereocenters. The van der Waals surface area contributed by atoms with Gasteiger partial charge in [-0.2, -0.15) is 0 Å². The number of nitrogens with one attached hydrogen (secondary N) is 1. The Kier molecular flexibility index (Phi) is 3.43. The SMILES string of the molecule is CN(c1cnc(-c2ccc(-n3ccnc3)cc2O)cn1)[C@@H]1[C@@H]2CNC[C@@H]21. The summed E-state index contributed by atoms with van der Waals surface area (Å²) in [5, 5.41) is 13.8. The minimum Gasteiger partial charge on any atom is -0.507 e. The van der Waals surface area contributed by atoms with Gasteiger partial charge in [-0.15, -0.1) is 0 Å². The monoisotopic (exact) mass is 348 g/mol. The lowest BCUT2D eigenvalue weighted by atomic mass is 10.1. The van der Waals surface area contributed by atoms with Crippen molar-refractivity contribution in [1.82, 2.24) is 24.8 Å². The van der Waals surface area contributed by atoms with E-state index >= 15 is 0 Å². The third-order valence-corrected chi connectivity index (χ3v) is 5.55. The number of imidazole rings is 1. The van der Waals surface area contributed by atoms with Crippen LogP contribution in [0.25, 0.3) is 16.9 Å². The minimum atomic E-state index is 0.175. The van der Waals surface area contributed by atoms with Gasteiger partial charge in [-0.05, 0) is 24.0 Å². The zero-order chi connectivity index (χ0) is 17.7. The molecular formula is C19H20N6O. The van der Waals surface area contributed by atoms with E-state index in [4.69, 9.17) is 0 Å². The maximum atomic E-state index is 10.4. The Bertz CT molecular complexity index is 914. The number of rotatable bonds is 4. The second-order valence-electron chi connectivity index (χ2n) is 7.02. The fourth-order valence-electron chi connectivity index (χ4n) is 4.06. The van der Waals surface area contributed by atoms with Crippen LogP contribution in [-0.2, 0) is 0 Å². The van der Waals surface area contributed by atoms with Crippen molar-refractivity contribution in [3.05, 3.63) is 49.3 Å². The first-order valence-electron chi connectivity index (χ1n) is 8.79. The Labute approximate surface area is 151 Å². The first-order valence-corrected chi connectivity index (χ1v) is 8.79. The Morgan fingerprint density at radius 1 is 1.19 bits per heavy atom. The summed E-state index contributed by atoms with van der Waals surface area (Å²) in [6.45, 7) is 2.20. The highest BCUT2D eigenvalue weighted by Gasteiger charge is 2.55. The van der Waals surface area contributed by atoms with Crippen molar-refractivity contribution in [3.8, 4) is 22.7 Å². The van der Waals surface area contributed by atoms with E-state index in [1.165, 1.54) is 0 Å². The van der Waals surface area contributed by atoms with Gasteiger partial charge in [0.25, 0.3) is 0 Å². The second kappa shape index (κ2) is 5.81. The molecule has 2 N–H and O–H groups in total. The van der Waals surface area contributed by atoms with E-state index in [1.54, 1.807) is 31.0 Å². The van der Waals surface area contributed by atoms with Crippen LogP contribution in [0.3, 0.4) is 0 Å². The van der Waals surface area contributed by atoms with Crippen molar-refractivity contribution < 1.29 is 5.11 Å². The Morgan fingerprint density at radius 3 is 2.69 bits per heavy atom. The molecule has 0 amide bonds. The van der Waals surface area contributed by atoms with Gasteiger partial charge in [0.2, 0.25) is 0 Å². The first kappa shape index (κ1) is 15.3. The van der Waals surface area contributed by atoms with E-state index in [9.17, 15) is 5.11 Å². The molecule has 7 heteroatoms. The average Bonchev–Trinajstić information content (AvgIpc) is 3.07. The summed E-state index contributed by atoms with van der Waals surface area (Å²) in [5.74, 6) is 2.53. The molecule has 2 fully saturated rings. The highest BCUT2D eigenvalue weighted by Crippen LogP contribution is 2.46. The largest absolute Gasteiger partial charge is 0.507 e. The molecule has 1 aliphatic heterocycles. The molecule has 1 aliphatic carbocycles. The number of hydrogen-bond acceptors (Lipinski definition) is 6. The van der Waals surface area contributed by atoms with E-state index in [0.717, 1.165) is 36.4 Å². The molecule has 0 unspecified atom stereocenters. The molecule has 1 aromatic carbocycles. The summed E-state index contributed by atoms with van der Waals surface area (Å²) in [6, 6.07) is 6.06. The van der Waals surface area contributed by atoms with Gasteiger partial charge in [0.1, 0.15) is 11.6 Å². The molecule has 3 heterocycles. The van der Waals surface area contributed by atoms with Crippen LogP contribution in [0.1, 0.15) is 0 Å². The molecule has 26 heavy (non-hydrogen) atoms. The number of anilines is 1. The Balaban J connectivity index is 1.37. The molecule has 0 bridgehead atoms. The van der Waals surface area contributed by atoms with Gasteiger partial charge >= 0.3 is 0 Å². The third-order valence-electron chi connectivity index (χ3n) is 5.55. The van der Waals surface area contributed by atoms with Crippen LogP contribution in [0, 0.1) is 11.8 Å².